The molecule has 2 aromatic carbocycles. The number of aryl methyl sites for hydroxylation is 1. The summed E-state index contributed by atoms with van der Waals surface area (Å²) in [6.07, 6.45) is 0. The van der Waals surface area contributed by atoms with Crippen molar-refractivity contribution in [2.24, 2.45) is 10.8 Å². The maximum absolute atomic E-state index is 13.2. The Bertz CT molecular complexity index is 979. The number of rotatable bonds is 1. The summed E-state index contributed by atoms with van der Waals surface area (Å²) in [6.45, 7) is 3.63. The van der Waals surface area contributed by atoms with Crippen molar-refractivity contribution < 1.29 is 19.1 Å². The van der Waals surface area contributed by atoms with Crippen molar-refractivity contribution in [2.75, 3.05) is 4.90 Å². The Hall–Kier alpha value is -2.95. The molecule has 5 rings (SSSR count). The van der Waals surface area contributed by atoms with Crippen molar-refractivity contribution >= 4 is 23.5 Å². The normalized spacial score (nSPS) is 32.0. The molecule has 2 fully saturated rings. The van der Waals surface area contributed by atoms with Crippen LogP contribution in [0.15, 0.2) is 48.5 Å². The number of carbonyl (C=O) groups is 3. The lowest BCUT2D eigenvalue weighted by Gasteiger charge is -2.25. The molecule has 0 N–H and O–H groups in total. The number of imide groups is 1. The zero-order valence-corrected chi connectivity index (χ0v) is 13.8. The molecule has 1 saturated heterocycles. The minimum Gasteiger partial charge on any atom is -0.425 e. The van der Waals surface area contributed by atoms with Crippen LogP contribution < -0.4 is 9.64 Å². The largest absolute Gasteiger partial charge is 0.425 e. The first-order valence-corrected chi connectivity index (χ1v) is 8.21. The Morgan fingerprint density at radius 2 is 1.64 bits per heavy atom. The second-order valence-electron chi connectivity index (χ2n) is 7.15. The molecule has 0 radical (unpaired) electrons. The van der Waals surface area contributed by atoms with E-state index >= 15 is 0 Å². The highest BCUT2D eigenvalue weighted by molar-refractivity contribution is 6.36. The zero-order valence-electron chi connectivity index (χ0n) is 13.8. The topological polar surface area (TPSA) is 63.7 Å². The third kappa shape index (κ3) is 1.36. The highest BCUT2D eigenvalue weighted by Crippen LogP contribution is 2.81. The number of anilines is 1. The molecule has 0 bridgehead atoms. The predicted molar refractivity (Wildman–Crippen MR) is 89.0 cm³/mol. The zero-order chi connectivity index (χ0) is 17.6. The van der Waals surface area contributed by atoms with Crippen LogP contribution in [0.4, 0.5) is 5.69 Å². The number of nitrogens with zero attached hydrogens (tertiary/aromatic N) is 1. The maximum Gasteiger partial charge on any atom is 0.328 e. The Morgan fingerprint density at radius 1 is 0.960 bits per heavy atom. The number of fused-ring (bicyclic) bond motifs is 3. The highest BCUT2D eigenvalue weighted by atomic mass is 16.5. The first-order chi connectivity index (χ1) is 11.9. The quantitative estimate of drug-likeness (QED) is 0.348. The van der Waals surface area contributed by atoms with E-state index in [4.69, 9.17) is 4.74 Å². The maximum atomic E-state index is 13.2. The SMILES string of the molecule is Cc1ccc(N2C(=O)C3(C)C4c5ccccc5OC(=O)C43C2=O)cc1. The number of para-hydroxylation sites is 1. The Kier molecular flexibility index (Phi) is 2.40. The van der Waals surface area contributed by atoms with Crippen LogP contribution in [0.2, 0.25) is 0 Å². The fourth-order valence-corrected chi connectivity index (χ4v) is 4.64. The number of hydrogen-bond acceptors (Lipinski definition) is 4. The summed E-state index contributed by atoms with van der Waals surface area (Å²) < 4.78 is 5.44. The number of benzene rings is 2. The summed E-state index contributed by atoms with van der Waals surface area (Å²) in [5.74, 6) is -1.43. The minimum atomic E-state index is -1.43. The van der Waals surface area contributed by atoms with Gasteiger partial charge in [0.05, 0.1) is 11.1 Å². The molecule has 5 heteroatoms. The molecule has 3 aliphatic rings. The monoisotopic (exact) mass is 333 g/mol. The van der Waals surface area contributed by atoms with E-state index in [1.54, 1.807) is 31.2 Å². The number of piperidine rings is 1. The van der Waals surface area contributed by atoms with Gasteiger partial charge in [0.1, 0.15) is 5.75 Å². The van der Waals surface area contributed by atoms with E-state index in [9.17, 15) is 14.4 Å². The molecule has 3 unspecified atom stereocenters. The Morgan fingerprint density at radius 3 is 2.36 bits per heavy atom. The number of carbonyl (C=O) groups excluding carboxylic acids is 3. The number of esters is 1. The molecule has 3 atom stereocenters. The second kappa shape index (κ2) is 4.17. The molecule has 2 aliphatic heterocycles. The van der Waals surface area contributed by atoms with Crippen LogP contribution in [0.3, 0.4) is 0 Å². The first kappa shape index (κ1) is 14.4. The molecule has 25 heavy (non-hydrogen) atoms. The summed E-state index contributed by atoms with van der Waals surface area (Å²) in [5.41, 5.74) is -0.230. The van der Waals surface area contributed by atoms with Gasteiger partial charge in [-0.3, -0.25) is 14.4 Å². The first-order valence-electron chi connectivity index (χ1n) is 8.21. The van der Waals surface area contributed by atoms with E-state index < -0.39 is 28.6 Å². The molecular weight excluding hydrogens is 318 g/mol. The predicted octanol–water partition coefficient (Wildman–Crippen LogP) is 2.58. The fourth-order valence-electron chi connectivity index (χ4n) is 4.64. The van der Waals surface area contributed by atoms with Crippen LogP contribution in [0.1, 0.15) is 24.0 Å². The van der Waals surface area contributed by atoms with Crippen LogP contribution in [-0.2, 0) is 14.4 Å². The average Bonchev–Trinajstić information content (AvgIpc) is 3.15. The van der Waals surface area contributed by atoms with Crippen LogP contribution >= 0.6 is 0 Å². The molecule has 0 aromatic heterocycles. The van der Waals surface area contributed by atoms with E-state index in [-0.39, 0.29) is 5.91 Å². The van der Waals surface area contributed by atoms with Crippen LogP contribution in [0, 0.1) is 17.8 Å². The van der Waals surface area contributed by atoms with Crippen molar-refractivity contribution in [3.63, 3.8) is 0 Å². The molecule has 1 aliphatic carbocycles. The summed E-state index contributed by atoms with van der Waals surface area (Å²) in [4.78, 5) is 40.3. The van der Waals surface area contributed by atoms with E-state index in [2.05, 4.69) is 0 Å². The third-order valence-corrected chi connectivity index (χ3v) is 5.98. The van der Waals surface area contributed by atoms with Crippen LogP contribution in [-0.4, -0.2) is 17.8 Å². The van der Waals surface area contributed by atoms with Crippen molar-refractivity contribution in [2.45, 2.75) is 19.8 Å². The van der Waals surface area contributed by atoms with Gasteiger partial charge >= 0.3 is 5.97 Å². The van der Waals surface area contributed by atoms with Crippen LogP contribution in [0.25, 0.3) is 0 Å². The summed E-state index contributed by atoms with van der Waals surface area (Å²) in [5, 5.41) is 0. The lowest BCUT2D eigenvalue weighted by molar-refractivity contribution is -0.147. The van der Waals surface area contributed by atoms with Gasteiger partial charge < -0.3 is 4.74 Å². The van der Waals surface area contributed by atoms with Gasteiger partial charge in [0, 0.05) is 11.5 Å². The van der Waals surface area contributed by atoms with Gasteiger partial charge in [0.15, 0.2) is 5.41 Å². The molecule has 1 saturated carbocycles. The molecule has 124 valence electrons. The van der Waals surface area contributed by atoms with E-state index in [1.165, 1.54) is 0 Å². The molecule has 2 aromatic rings. The van der Waals surface area contributed by atoms with Gasteiger partial charge in [-0.1, -0.05) is 35.9 Å². The van der Waals surface area contributed by atoms with E-state index in [1.807, 2.05) is 31.2 Å². The van der Waals surface area contributed by atoms with Gasteiger partial charge in [-0.2, -0.15) is 0 Å². The van der Waals surface area contributed by atoms with Crippen molar-refractivity contribution in [1.82, 2.24) is 0 Å². The van der Waals surface area contributed by atoms with Crippen LogP contribution in [0.5, 0.6) is 5.75 Å². The summed E-state index contributed by atoms with van der Waals surface area (Å²) in [7, 11) is 0. The molecule has 2 amide bonds. The van der Waals surface area contributed by atoms with Crippen molar-refractivity contribution in [3.05, 3.63) is 59.7 Å². The van der Waals surface area contributed by atoms with Gasteiger partial charge in [0.25, 0.3) is 5.91 Å². The standard InChI is InChI=1S/C20H15NO4/c1-11-7-9-12(10-8-11)21-16(22)19(2)15-13-5-3-4-6-14(13)25-18(24)20(15,19)17(21)23/h3-10,15H,1-2H3. The lowest BCUT2D eigenvalue weighted by atomic mass is 9.94. The number of hydrogen-bond donors (Lipinski definition) is 0. The van der Waals surface area contributed by atoms with Crippen molar-refractivity contribution in [1.29, 1.82) is 0 Å². The lowest BCUT2D eigenvalue weighted by Crippen LogP contribution is -2.42. The van der Waals surface area contributed by atoms with Gasteiger partial charge in [0.2, 0.25) is 5.91 Å². The number of amides is 2. The van der Waals surface area contributed by atoms with Crippen molar-refractivity contribution in [3.8, 4) is 5.75 Å². The van der Waals surface area contributed by atoms with E-state index in [0.29, 0.717) is 11.4 Å². The van der Waals surface area contributed by atoms with Gasteiger partial charge in [-0.25, -0.2) is 4.90 Å². The third-order valence-electron chi connectivity index (χ3n) is 5.98. The smallest absolute Gasteiger partial charge is 0.328 e. The highest BCUT2D eigenvalue weighted by Gasteiger charge is 2.93. The van der Waals surface area contributed by atoms with Gasteiger partial charge in [-0.15, -0.1) is 0 Å². The fraction of sp³-hybridized carbons (Fsp3) is 0.250. The molecule has 1 spiro atoms. The average molecular weight is 333 g/mol. The summed E-state index contributed by atoms with van der Waals surface area (Å²) >= 11 is 0. The van der Waals surface area contributed by atoms with E-state index in [0.717, 1.165) is 16.0 Å². The number of ether oxygens (including phenoxy) is 1. The molecular formula is C20H15NO4. The second-order valence-corrected chi connectivity index (χ2v) is 7.15. The Labute approximate surface area is 144 Å². The minimum absolute atomic E-state index is 0.333. The molecule has 5 nitrogen and oxygen atoms in total. The molecule has 2 heterocycles. The van der Waals surface area contributed by atoms with Gasteiger partial charge in [-0.05, 0) is 32.0 Å². The Balaban J connectivity index is 1.67. The summed E-state index contributed by atoms with van der Waals surface area (Å²) in [6, 6.07) is 14.3.